The molecule has 0 spiro atoms. The first-order valence-corrected chi connectivity index (χ1v) is 9.75. The molecule has 1 unspecified atom stereocenters. The number of nitrogens with one attached hydrogen (secondary N) is 2. The first kappa shape index (κ1) is 17.7. The number of hydrogen-bond acceptors (Lipinski definition) is 3. The Balaban J connectivity index is 1.38. The Hall–Kier alpha value is -1.72. The summed E-state index contributed by atoms with van der Waals surface area (Å²) < 4.78 is 11.5. The van der Waals surface area contributed by atoms with Crippen molar-refractivity contribution >= 4 is 28.4 Å². The molecule has 2 fully saturated rings. The molecule has 0 bridgehead atoms. The molecule has 1 saturated heterocycles. The zero-order valence-electron chi connectivity index (χ0n) is 15.1. The van der Waals surface area contributed by atoms with Gasteiger partial charge in [-0.3, -0.25) is 4.79 Å². The number of hydrogen-bond donors (Lipinski definition) is 2. The second-order valence-electron chi connectivity index (χ2n) is 7.68. The van der Waals surface area contributed by atoms with Crippen LogP contribution in [-0.4, -0.2) is 30.2 Å². The maximum atomic E-state index is 12.1. The first-order valence-electron chi connectivity index (χ1n) is 9.37. The average Bonchev–Trinajstić information content (AvgIpc) is 3.02. The quantitative estimate of drug-likeness (QED) is 0.761. The van der Waals surface area contributed by atoms with E-state index in [1.54, 1.807) is 0 Å². The fraction of sp³-hybridized carbons (Fsp3) is 0.550. The topological polar surface area (TPSA) is 63.4 Å². The van der Waals surface area contributed by atoms with Crippen LogP contribution in [0.5, 0.6) is 5.75 Å². The molecule has 2 aliphatic rings. The van der Waals surface area contributed by atoms with Crippen LogP contribution in [0.25, 0.3) is 10.9 Å². The van der Waals surface area contributed by atoms with Crippen molar-refractivity contribution in [2.75, 3.05) is 13.2 Å². The van der Waals surface area contributed by atoms with E-state index in [2.05, 4.69) is 10.3 Å². The third-order valence-electron chi connectivity index (χ3n) is 5.44. The highest BCUT2D eigenvalue weighted by Gasteiger charge is 2.44. The van der Waals surface area contributed by atoms with Crippen molar-refractivity contribution in [3.8, 4) is 5.75 Å². The number of halogens is 1. The van der Waals surface area contributed by atoms with Gasteiger partial charge in [0.05, 0.1) is 24.3 Å². The van der Waals surface area contributed by atoms with E-state index in [0.717, 1.165) is 55.3 Å². The van der Waals surface area contributed by atoms with Crippen molar-refractivity contribution in [1.29, 1.82) is 0 Å². The summed E-state index contributed by atoms with van der Waals surface area (Å²) in [7, 11) is 0. The summed E-state index contributed by atoms with van der Waals surface area (Å²) in [6.07, 6.45) is 5.40. The predicted molar refractivity (Wildman–Crippen MR) is 102 cm³/mol. The van der Waals surface area contributed by atoms with Crippen LogP contribution < -0.4 is 10.1 Å². The van der Waals surface area contributed by atoms with Crippen LogP contribution in [0.3, 0.4) is 0 Å². The normalized spacial score (nSPS) is 21.1. The molecule has 1 aliphatic heterocycles. The molecule has 4 rings (SSSR count). The molecular formula is C20H25ClN2O3. The number of carbonyl (C=O) groups is 1. The minimum absolute atomic E-state index is 0.132. The average molecular weight is 377 g/mol. The number of H-pyrrole nitrogens is 1. The van der Waals surface area contributed by atoms with Crippen LogP contribution in [0.1, 0.15) is 44.7 Å². The molecule has 26 heavy (non-hydrogen) atoms. The maximum Gasteiger partial charge on any atom is 0.226 e. The van der Waals surface area contributed by atoms with Crippen LogP contribution in [-0.2, 0) is 16.1 Å². The molecular weight excluding hydrogens is 352 g/mol. The molecule has 1 aromatic carbocycles. The van der Waals surface area contributed by atoms with E-state index < -0.39 is 0 Å². The van der Waals surface area contributed by atoms with E-state index in [1.165, 1.54) is 0 Å². The number of rotatable bonds is 7. The Morgan fingerprint density at radius 1 is 1.42 bits per heavy atom. The van der Waals surface area contributed by atoms with Gasteiger partial charge in [0.1, 0.15) is 5.75 Å². The van der Waals surface area contributed by atoms with Crippen LogP contribution in [0, 0.1) is 5.41 Å². The second kappa shape index (κ2) is 7.12. The molecule has 0 radical (unpaired) electrons. The van der Waals surface area contributed by atoms with Crippen molar-refractivity contribution in [3.05, 3.63) is 28.9 Å². The highest BCUT2D eigenvalue weighted by atomic mass is 35.5. The molecule has 2 aromatic rings. The van der Waals surface area contributed by atoms with Gasteiger partial charge in [-0.05, 0) is 37.8 Å². The molecule has 1 atom stereocenters. The lowest BCUT2D eigenvalue weighted by molar-refractivity contribution is -0.125. The second-order valence-corrected chi connectivity index (χ2v) is 8.09. The highest BCUT2D eigenvalue weighted by molar-refractivity contribution is 6.32. The summed E-state index contributed by atoms with van der Waals surface area (Å²) in [5, 5.41) is 4.63. The lowest BCUT2D eigenvalue weighted by Crippen LogP contribution is -2.29. The number of ether oxygens (including phenoxy) is 2. The van der Waals surface area contributed by atoms with Gasteiger partial charge in [-0.25, -0.2) is 0 Å². The number of amides is 1. The van der Waals surface area contributed by atoms with E-state index in [1.807, 2.05) is 25.1 Å². The molecule has 2 N–H and O–H groups in total. The molecule has 1 aromatic heterocycles. The lowest BCUT2D eigenvalue weighted by atomic mass is 10.1. The van der Waals surface area contributed by atoms with Crippen LogP contribution in [0.2, 0.25) is 5.02 Å². The van der Waals surface area contributed by atoms with E-state index in [-0.39, 0.29) is 11.3 Å². The Morgan fingerprint density at radius 2 is 2.27 bits per heavy atom. The molecule has 6 heteroatoms. The summed E-state index contributed by atoms with van der Waals surface area (Å²) in [4.78, 5) is 15.4. The smallest absolute Gasteiger partial charge is 0.226 e. The Morgan fingerprint density at radius 3 is 3.00 bits per heavy atom. The number of fused-ring (bicyclic) bond motifs is 1. The Labute approximate surface area is 158 Å². The van der Waals surface area contributed by atoms with Gasteiger partial charge in [-0.2, -0.15) is 0 Å². The third kappa shape index (κ3) is 3.84. The zero-order chi connectivity index (χ0) is 18.1. The zero-order valence-corrected chi connectivity index (χ0v) is 15.8. The fourth-order valence-corrected chi connectivity index (χ4v) is 3.60. The summed E-state index contributed by atoms with van der Waals surface area (Å²) in [5.41, 5.74) is 1.77. The van der Waals surface area contributed by atoms with Gasteiger partial charge in [0.25, 0.3) is 0 Å². The van der Waals surface area contributed by atoms with Gasteiger partial charge >= 0.3 is 0 Å². The van der Waals surface area contributed by atoms with Crippen molar-refractivity contribution in [2.24, 2.45) is 5.41 Å². The first-order chi connectivity index (χ1) is 12.5. The van der Waals surface area contributed by atoms with E-state index in [0.29, 0.717) is 30.0 Å². The van der Waals surface area contributed by atoms with E-state index in [9.17, 15) is 4.79 Å². The van der Waals surface area contributed by atoms with E-state index in [4.69, 9.17) is 21.1 Å². The van der Waals surface area contributed by atoms with Crippen LogP contribution >= 0.6 is 11.6 Å². The monoisotopic (exact) mass is 376 g/mol. The van der Waals surface area contributed by atoms with Crippen molar-refractivity contribution < 1.29 is 14.3 Å². The van der Waals surface area contributed by atoms with Gasteiger partial charge in [0, 0.05) is 41.1 Å². The number of carbonyl (C=O) groups excluding carboxylic acids is 1. The number of aromatic amines is 1. The van der Waals surface area contributed by atoms with Gasteiger partial charge in [-0.15, -0.1) is 0 Å². The SMILES string of the molecule is CC1(C(=O)NCc2cc3cc(Cl)c(OCCC4CCCO4)cc3[nH]2)CC1. The highest BCUT2D eigenvalue weighted by Crippen LogP contribution is 2.45. The minimum atomic E-state index is -0.153. The van der Waals surface area contributed by atoms with Gasteiger partial charge in [-0.1, -0.05) is 18.5 Å². The predicted octanol–water partition coefficient (Wildman–Crippen LogP) is 4.19. The molecule has 1 aliphatic carbocycles. The molecule has 2 heterocycles. The Bertz CT molecular complexity index is 807. The number of benzene rings is 1. The molecule has 140 valence electrons. The largest absolute Gasteiger partial charge is 0.492 e. The molecule has 1 saturated carbocycles. The summed E-state index contributed by atoms with van der Waals surface area (Å²) in [5.74, 6) is 0.812. The van der Waals surface area contributed by atoms with Gasteiger partial charge in [0.2, 0.25) is 5.91 Å². The van der Waals surface area contributed by atoms with E-state index >= 15 is 0 Å². The van der Waals surface area contributed by atoms with Gasteiger partial charge < -0.3 is 19.8 Å². The van der Waals surface area contributed by atoms with Crippen molar-refractivity contribution in [2.45, 2.75) is 51.7 Å². The number of aromatic nitrogens is 1. The fourth-order valence-electron chi connectivity index (χ4n) is 3.37. The third-order valence-corrected chi connectivity index (χ3v) is 5.73. The van der Waals surface area contributed by atoms with Crippen molar-refractivity contribution in [1.82, 2.24) is 10.3 Å². The van der Waals surface area contributed by atoms with Gasteiger partial charge in [0.15, 0.2) is 0 Å². The standard InChI is InChI=1S/C20H25ClN2O3/c1-20(5-6-20)19(24)22-12-14-9-13-10-16(21)18(11-17(13)23-14)26-8-4-15-3-2-7-25-15/h9-11,15,23H,2-8,12H2,1H3,(H,22,24). The van der Waals surface area contributed by atoms with Crippen molar-refractivity contribution in [3.63, 3.8) is 0 Å². The Kier molecular flexibility index (Phi) is 4.84. The molecule has 5 nitrogen and oxygen atoms in total. The lowest BCUT2D eigenvalue weighted by Gasteiger charge is -2.11. The summed E-state index contributed by atoms with van der Waals surface area (Å²) in [6.45, 7) is 3.96. The molecule has 1 amide bonds. The van der Waals surface area contributed by atoms with Crippen LogP contribution in [0.15, 0.2) is 18.2 Å². The van der Waals surface area contributed by atoms with Crippen LogP contribution in [0.4, 0.5) is 0 Å². The summed E-state index contributed by atoms with van der Waals surface area (Å²) >= 11 is 6.36. The summed E-state index contributed by atoms with van der Waals surface area (Å²) in [6, 6.07) is 5.86. The minimum Gasteiger partial charge on any atom is -0.492 e. The maximum absolute atomic E-state index is 12.1.